The average Bonchev–Trinajstić information content (AvgIpc) is 2.83. The summed E-state index contributed by atoms with van der Waals surface area (Å²) in [6, 6.07) is 2.41. The Labute approximate surface area is 131 Å². The zero-order chi connectivity index (χ0) is 15.5. The second kappa shape index (κ2) is 4.94. The second-order valence-corrected chi connectivity index (χ2v) is 8.21. The molecule has 2 N–H and O–H groups in total. The van der Waals surface area contributed by atoms with Crippen LogP contribution in [0.15, 0.2) is 0 Å². The number of hydrogen-bond donors (Lipinski definition) is 2. The van der Waals surface area contributed by atoms with Crippen LogP contribution in [-0.2, 0) is 4.79 Å². The minimum atomic E-state index is -0.205. The average molecular weight is 303 g/mol. The summed E-state index contributed by atoms with van der Waals surface area (Å²) in [5, 5.41) is 22.4. The van der Waals surface area contributed by atoms with Crippen LogP contribution in [-0.4, -0.2) is 46.2 Å². The fourth-order valence-electron chi connectivity index (χ4n) is 5.38. The molecule has 22 heavy (non-hydrogen) atoms. The van der Waals surface area contributed by atoms with Crippen LogP contribution < -0.4 is 5.32 Å². The number of aliphatic hydroxyl groups is 1. The highest BCUT2D eigenvalue weighted by atomic mass is 16.3. The van der Waals surface area contributed by atoms with E-state index in [1.807, 2.05) is 4.90 Å². The topological polar surface area (TPSA) is 76.4 Å². The molecule has 120 valence electrons. The number of fused-ring (bicyclic) bond motifs is 2. The molecule has 1 heterocycles. The van der Waals surface area contributed by atoms with Crippen molar-refractivity contribution in [3.8, 4) is 6.07 Å². The number of amides is 1. The Balaban J connectivity index is 1.33. The van der Waals surface area contributed by atoms with Gasteiger partial charge in [-0.2, -0.15) is 5.26 Å². The van der Waals surface area contributed by atoms with Gasteiger partial charge in [-0.05, 0) is 63.2 Å². The van der Waals surface area contributed by atoms with Crippen LogP contribution in [0.25, 0.3) is 0 Å². The van der Waals surface area contributed by atoms with Crippen LogP contribution in [0.4, 0.5) is 0 Å². The van der Waals surface area contributed by atoms with E-state index in [2.05, 4.69) is 18.3 Å². The van der Waals surface area contributed by atoms with Gasteiger partial charge in [0.25, 0.3) is 0 Å². The minimum absolute atomic E-state index is 0.00987. The lowest BCUT2D eigenvalue weighted by molar-refractivity contribution is -0.131. The number of hydrogen-bond acceptors (Lipinski definition) is 4. The summed E-state index contributed by atoms with van der Waals surface area (Å²) >= 11 is 0. The Kier molecular flexibility index (Phi) is 3.25. The van der Waals surface area contributed by atoms with Crippen LogP contribution >= 0.6 is 0 Å². The second-order valence-electron chi connectivity index (χ2n) is 8.21. The van der Waals surface area contributed by atoms with Crippen molar-refractivity contribution in [1.29, 1.82) is 5.26 Å². The number of nitrogens with one attached hydrogen (secondary N) is 1. The van der Waals surface area contributed by atoms with Crippen LogP contribution in [0.1, 0.15) is 45.4 Å². The number of nitriles is 1. The van der Waals surface area contributed by atoms with Crippen molar-refractivity contribution in [2.24, 2.45) is 17.8 Å². The Morgan fingerprint density at radius 1 is 1.27 bits per heavy atom. The van der Waals surface area contributed by atoms with Gasteiger partial charge in [-0.3, -0.25) is 4.79 Å². The van der Waals surface area contributed by atoms with Gasteiger partial charge in [-0.15, -0.1) is 0 Å². The molecular formula is C17H25N3O2. The molecule has 3 saturated carbocycles. The van der Waals surface area contributed by atoms with Gasteiger partial charge < -0.3 is 15.3 Å². The first-order valence-corrected chi connectivity index (χ1v) is 8.63. The molecule has 2 unspecified atom stereocenters. The summed E-state index contributed by atoms with van der Waals surface area (Å²) in [5.74, 6) is 1.88. The monoisotopic (exact) mass is 303 g/mol. The molecule has 3 aliphatic carbocycles. The highest BCUT2D eigenvalue weighted by molar-refractivity contribution is 5.80. The van der Waals surface area contributed by atoms with Crippen LogP contribution in [0.2, 0.25) is 0 Å². The quantitative estimate of drug-likeness (QED) is 0.816. The van der Waals surface area contributed by atoms with Gasteiger partial charge in [0, 0.05) is 11.6 Å². The van der Waals surface area contributed by atoms with Gasteiger partial charge in [0.1, 0.15) is 6.04 Å². The zero-order valence-electron chi connectivity index (χ0n) is 13.2. The third kappa shape index (κ3) is 2.33. The third-order valence-electron chi connectivity index (χ3n) is 6.45. The summed E-state index contributed by atoms with van der Waals surface area (Å²) in [4.78, 5) is 14.4. The number of aliphatic hydroxyl groups excluding tert-OH is 1. The normalized spacial score (nSPS) is 48.9. The van der Waals surface area contributed by atoms with Gasteiger partial charge in [-0.25, -0.2) is 0 Å². The number of piperidine rings is 1. The molecule has 1 saturated heterocycles. The molecule has 0 spiro atoms. The number of likely N-dealkylation sites (tertiary alicyclic amines) is 1. The van der Waals surface area contributed by atoms with Crippen molar-refractivity contribution in [3.05, 3.63) is 0 Å². The van der Waals surface area contributed by atoms with Crippen molar-refractivity contribution in [1.82, 2.24) is 10.2 Å². The molecule has 0 aromatic rings. The molecule has 4 fully saturated rings. The maximum Gasteiger partial charge on any atom is 0.237 e. The number of nitrogens with zero attached hydrogens (tertiary/aromatic N) is 2. The highest BCUT2D eigenvalue weighted by Gasteiger charge is 2.54. The smallest absolute Gasteiger partial charge is 0.237 e. The Morgan fingerprint density at radius 2 is 1.95 bits per heavy atom. The van der Waals surface area contributed by atoms with Crippen molar-refractivity contribution in [2.45, 2.75) is 69.2 Å². The summed E-state index contributed by atoms with van der Waals surface area (Å²) in [7, 11) is 0. The molecule has 0 bridgehead atoms. The van der Waals surface area contributed by atoms with E-state index in [1.54, 1.807) is 0 Å². The number of rotatable bonds is 3. The molecule has 5 nitrogen and oxygen atoms in total. The molecule has 1 amide bonds. The lowest BCUT2D eigenvalue weighted by atomic mass is 9.95. The number of carbonyl (C=O) groups excluding carboxylic acids is 1. The van der Waals surface area contributed by atoms with E-state index in [4.69, 9.17) is 0 Å². The van der Waals surface area contributed by atoms with Gasteiger partial charge >= 0.3 is 0 Å². The van der Waals surface area contributed by atoms with E-state index in [1.165, 1.54) is 0 Å². The van der Waals surface area contributed by atoms with Gasteiger partial charge in [0.15, 0.2) is 0 Å². The summed E-state index contributed by atoms with van der Waals surface area (Å²) in [5.41, 5.74) is 0.00987. The zero-order valence-corrected chi connectivity index (χ0v) is 13.2. The maximum absolute atomic E-state index is 12.5. The van der Waals surface area contributed by atoms with Gasteiger partial charge in [0.2, 0.25) is 5.91 Å². The standard InChI is InChI=1S/C17H25N3O2/c1-17(6-11-3-14(21)4-12(11)7-17)19-9-16(22)20-13(8-18)2-10-5-15(10)20/h10-15,19,21H,2-7,9H2,1H3/t10-,11-,12+,13?,14-,15?,17-/m1/s1. The van der Waals surface area contributed by atoms with E-state index in [9.17, 15) is 15.2 Å². The maximum atomic E-state index is 12.5. The van der Waals surface area contributed by atoms with E-state index in [0.717, 1.165) is 38.5 Å². The SMILES string of the molecule is C[C@@]1(NCC(=O)N2C(C#N)C[C@@H]3CC32)C[C@H]2C[C@@H](O)C[C@H]2C1. The fourth-order valence-corrected chi connectivity index (χ4v) is 5.38. The fraction of sp³-hybridized carbons (Fsp3) is 0.882. The van der Waals surface area contributed by atoms with E-state index >= 15 is 0 Å². The lowest BCUT2D eigenvalue weighted by Gasteiger charge is -2.29. The Morgan fingerprint density at radius 3 is 2.59 bits per heavy atom. The summed E-state index contributed by atoms with van der Waals surface area (Å²) < 4.78 is 0. The van der Waals surface area contributed by atoms with Crippen LogP contribution in [0.5, 0.6) is 0 Å². The van der Waals surface area contributed by atoms with Crippen molar-refractivity contribution >= 4 is 5.91 Å². The first kappa shape index (κ1) is 14.5. The molecule has 4 aliphatic rings. The predicted molar refractivity (Wildman–Crippen MR) is 80.6 cm³/mol. The highest BCUT2D eigenvalue weighted by Crippen LogP contribution is 2.49. The molecule has 0 aromatic heterocycles. The molecule has 0 aromatic carbocycles. The molecule has 1 aliphatic heterocycles. The third-order valence-corrected chi connectivity index (χ3v) is 6.45. The summed E-state index contributed by atoms with van der Waals surface area (Å²) in [6.07, 6.45) is 5.78. The predicted octanol–water partition coefficient (Wildman–Crippen LogP) is 1.03. The van der Waals surface area contributed by atoms with Crippen molar-refractivity contribution < 1.29 is 9.90 Å². The number of carbonyl (C=O) groups is 1. The van der Waals surface area contributed by atoms with E-state index in [-0.39, 0.29) is 23.6 Å². The van der Waals surface area contributed by atoms with Crippen LogP contribution in [0.3, 0.4) is 0 Å². The lowest BCUT2D eigenvalue weighted by Crippen LogP contribution is -2.49. The molecule has 0 radical (unpaired) electrons. The largest absolute Gasteiger partial charge is 0.393 e. The first-order chi connectivity index (χ1) is 10.5. The van der Waals surface area contributed by atoms with Gasteiger partial charge in [-0.1, -0.05) is 0 Å². The minimum Gasteiger partial charge on any atom is -0.393 e. The Hall–Kier alpha value is -1.12. The molecule has 4 rings (SSSR count). The molecule has 5 heteroatoms. The molecule has 7 atom stereocenters. The first-order valence-electron chi connectivity index (χ1n) is 8.63. The Bertz CT molecular complexity index is 514. The molecular weight excluding hydrogens is 278 g/mol. The van der Waals surface area contributed by atoms with Crippen molar-refractivity contribution in [2.75, 3.05) is 6.54 Å². The van der Waals surface area contributed by atoms with Crippen molar-refractivity contribution in [3.63, 3.8) is 0 Å². The van der Waals surface area contributed by atoms with Crippen LogP contribution in [0, 0.1) is 29.1 Å². The van der Waals surface area contributed by atoms with E-state index < -0.39 is 0 Å². The summed E-state index contributed by atoms with van der Waals surface area (Å²) in [6.45, 7) is 2.55. The van der Waals surface area contributed by atoms with E-state index in [0.29, 0.717) is 30.3 Å². The van der Waals surface area contributed by atoms with Gasteiger partial charge in [0.05, 0.1) is 18.7 Å².